The third-order valence-corrected chi connectivity index (χ3v) is 3.94. The lowest BCUT2D eigenvalue weighted by Gasteiger charge is -2.28. The summed E-state index contributed by atoms with van der Waals surface area (Å²) in [6, 6.07) is 3.89. The molecule has 0 aliphatic heterocycles. The minimum absolute atomic E-state index is 0.0367. The maximum absolute atomic E-state index is 13.2. The van der Waals surface area contributed by atoms with Gasteiger partial charge in [0.2, 0.25) is 0 Å². The van der Waals surface area contributed by atoms with Crippen LogP contribution in [0.3, 0.4) is 0 Å². The van der Waals surface area contributed by atoms with Crippen molar-refractivity contribution in [1.29, 1.82) is 0 Å². The van der Waals surface area contributed by atoms with E-state index in [0.29, 0.717) is 5.56 Å². The van der Waals surface area contributed by atoms with E-state index < -0.39 is 5.82 Å². The lowest BCUT2D eigenvalue weighted by Crippen LogP contribution is -2.44. The number of carbonyl (C=O) groups is 1. The van der Waals surface area contributed by atoms with Crippen molar-refractivity contribution < 1.29 is 14.4 Å². The van der Waals surface area contributed by atoms with Gasteiger partial charge in [0.15, 0.2) is 5.84 Å². The molecule has 1 aromatic rings. The van der Waals surface area contributed by atoms with Crippen LogP contribution in [-0.4, -0.2) is 34.4 Å². The van der Waals surface area contributed by atoms with Crippen LogP contribution < -0.4 is 5.73 Å². The molecular weight excluding hydrogens is 297 g/mol. The molecule has 0 aromatic heterocycles. The Balaban J connectivity index is 2.25. The summed E-state index contributed by atoms with van der Waals surface area (Å²) in [7, 11) is 0. The van der Waals surface area contributed by atoms with Crippen LogP contribution in [0, 0.1) is 5.82 Å². The van der Waals surface area contributed by atoms with Gasteiger partial charge in [0, 0.05) is 11.6 Å². The predicted octanol–water partition coefficient (Wildman–Crippen LogP) is 2.61. The fraction of sp³-hybridized carbons (Fsp3) is 0.429. The van der Waals surface area contributed by atoms with Crippen LogP contribution in [0.15, 0.2) is 23.4 Å². The SMILES string of the molecule is N/C(CN(C(=O)c1ccc(F)c(Cl)c1)C1CCCC1)=N/O. The zero-order chi connectivity index (χ0) is 15.4. The molecule has 21 heavy (non-hydrogen) atoms. The summed E-state index contributed by atoms with van der Waals surface area (Å²) in [4.78, 5) is 14.2. The van der Waals surface area contributed by atoms with Gasteiger partial charge in [0.05, 0.1) is 11.6 Å². The summed E-state index contributed by atoms with van der Waals surface area (Å²) in [6.45, 7) is 0.0367. The second-order valence-electron chi connectivity index (χ2n) is 5.09. The number of benzene rings is 1. The van der Waals surface area contributed by atoms with E-state index in [9.17, 15) is 9.18 Å². The molecule has 0 atom stereocenters. The van der Waals surface area contributed by atoms with E-state index in [0.717, 1.165) is 31.7 Å². The van der Waals surface area contributed by atoms with Gasteiger partial charge in [-0.15, -0.1) is 0 Å². The molecule has 1 amide bonds. The second kappa shape index (κ2) is 6.76. The topological polar surface area (TPSA) is 78.9 Å². The van der Waals surface area contributed by atoms with Crippen molar-refractivity contribution in [2.24, 2.45) is 10.9 Å². The van der Waals surface area contributed by atoms with E-state index in [1.165, 1.54) is 12.1 Å². The van der Waals surface area contributed by atoms with Gasteiger partial charge in [-0.2, -0.15) is 0 Å². The minimum atomic E-state index is -0.572. The Morgan fingerprint density at radius 3 is 2.71 bits per heavy atom. The Morgan fingerprint density at radius 2 is 2.14 bits per heavy atom. The van der Waals surface area contributed by atoms with Gasteiger partial charge in [-0.3, -0.25) is 4.79 Å². The maximum atomic E-state index is 13.2. The van der Waals surface area contributed by atoms with Gasteiger partial charge in [-0.1, -0.05) is 29.6 Å². The van der Waals surface area contributed by atoms with E-state index >= 15 is 0 Å². The molecule has 7 heteroatoms. The Kier molecular flexibility index (Phi) is 5.01. The molecule has 2 rings (SSSR count). The largest absolute Gasteiger partial charge is 0.409 e. The van der Waals surface area contributed by atoms with Crippen LogP contribution >= 0.6 is 11.6 Å². The van der Waals surface area contributed by atoms with Crippen molar-refractivity contribution in [1.82, 2.24) is 4.90 Å². The normalized spacial score (nSPS) is 16.2. The van der Waals surface area contributed by atoms with E-state index in [1.807, 2.05) is 0 Å². The highest BCUT2D eigenvalue weighted by Crippen LogP contribution is 2.25. The number of nitrogens with two attached hydrogens (primary N) is 1. The van der Waals surface area contributed by atoms with Crippen molar-refractivity contribution in [2.45, 2.75) is 31.7 Å². The molecule has 5 nitrogen and oxygen atoms in total. The number of hydrogen-bond acceptors (Lipinski definition) is 3. The third-order valence-electron chi connectivity index (χ3n) is 3.65. The van der Waals surface area contributed by atoms with Crippen LogP contribution in [0.1, 0.15) is 36.0 Å². The molecule has 1 aliphatic rings. The highest BCUT2D eigenvalue weighted by Gasteiger charge is 2.28. The van der Waals surface area contributed by atoms with Crippen LogP contribution in [0.25, 0.3) is 0 Å². The first-order valence-corrected chi connectivity index (χ1v) is 7.13. The molecule has 0 saturated heterocycles. The van der Waals surface area contributed by atoms with Crippen molar-refractivity contribution >= 4 is 23.3 Å². The molecule has 1 saturated carbocycles. The van der Waals surface area contributed by atoms with Gasteiger partial charge < -0.3 is 15.8 Å². The molecule has 0 heterocycles. The van der Waals surface area contributed by atoms with Gasteiger partial charge in [-0.05, 0) is 31.0 Å². The van der Waals surface area contributed by atoms with E-state index in [4.69, 9.17) is 22.5 Å². The fourth-order valence-electron chi connectivity index (χ4n) is 2.58. The molecule has 1 fully saturated rings. The Labute approximate surface area is 127 Å². The lowest BCUT2D eigenvalue weighted by atomic mass is 10.1. The maximum Gasteiger partial charge on any atom is 0.254 e. The molecule has 0 spiro atoms. The van der Waals surface area contributed by atoms with Gasteiger partial charge >= 0.3 is 0 Å². The first kappa shape index (κ1) is 15.6. The molecule has 114 valence electrons. The molecular formula is C14H17ClFN3O2. The smallest absolute Gasteiger partial charge is 0.254 e. The number of rotatable bonds is 4. The number of oxime groups is 1. The molecule has 0 unspecified atom stereocenters. The van der Waals surface area contributed by atoms with Crippen LogP contribution in [0.2, 0.25) is 5.02 Å². The van der Waals surface area contributed by atoms with E-state index in [-0.39, 0.29) is 29.4 Å². The summed E-state index contributed by atoms with van der Waals surface area (Å²) in [5.41, 5.74) is 5.82. The second-order valence-corrected chi connectivity index (χ2v) is 5.50. The zero-order valence-electron chi connectivity index (χ0n) is 11.4. The first-order valence-electron chi connectivity index (χ1n) is 6.75. The summed E-state index contributed by atoms with van der Waals surface area (Å²) in [6.07, 6.45) is 3.82. The summed E-state index contributed by atoms with van der Waals surface area (Å²) in [5, 5.41) is 11.5. The molecule has 0 radical (unpaired) electrons. The van der Waals surface area contributed by atoms with Gasteiger partial charge in [-0.25, -0.2) is 4.39 Å². The van der Waals surface area contributed by atoms with Crippen molar-refractivity contribution in [3.63, 3.8) is 0 Å². The molecule has 1 aliphatic carbocycles. The van der Waals surface area contributed by atoms with Crippen LogP contribution in [0.4, 0.5) is 4.39 Å². The summed E-state index contributed by atoms with van der Waals surface area (Å²) in [5.74, 6) is -0.907. The van der Waals surface area contributed by atoms with Gasteiger partial charge in [0.25, 0.3) is 5.91 Å². The highest BCUT2D eigenvalue weighted by molar-refractivity contribution is 6.31. The molecule has 3 N–H and O–H groups in total. The average molecular weight is 314 g/mol. The van der Waals surface area contributed by atoms with Crippen LogP contribution in [-0.2, 0) is 0 Å². The fourth-order valence-corrected chi connectivity index (χ4v) is 2.76. The van der Waals surface area contributed by atoms with E-state index in [2.05, 4.69) is 5.16 Å². The quantitative estimate of drug-likeness (QED) is 0.388. The summed E-state index contributed by atoms with van der Waals surface area (Å²) < 4.78 is 13.2. The monoisotopic (exact) mass is 313 g/mol. The number of nitrogens with zero attached hydrogens (tertiary/aromatic N) is 2. The van der Waals surface area contributed by atoms with E-state index in [1.54, 1.807) is 4.90 Å². The zero-order valence-corrected chi connectivity index (χ0v) is 12.2. The average Bonchev–Trinajstić information content (AvgIpc) is 3.00. The summed E-state index contributed by atoms with van der Waals surface area (Å²) >= 11 is 5.72. The standard InChI is InChI=1S/C14H17ClFN3O2/c15-11-7-9(5-6-12(11)16)14(20)19(8-13(17)18-21)10-3-1-2-4-10/h5-7,10,21H,1-4,8H2,(H2,17,18). The van der Waals surface area contributed by atoms with Crippen molar-refractivity contribution in [2.75, 3.05) is 6.54 Å². The van der Waals surface area contributed by atoms with Crippen molar-refractivity contribution in [3.8, 4) is 0 Å². The number of amidine groups is 1. The number of hydrogen-bond donors (Lipinski definition) is 2. The Hall–Kier alpha value is -1.82. The molecule has 1 aromatic carbocycles. The number of amides is 1. The highest BCUT2D eigenvalue weighted by atomic mass is 35.5. The minimum Gasteiger partial charge on any atom is -0.409 e. The Bertz CT molecular complexity index is 559. The van der Waals surface area contributed by atoms with Crippen molar-refractivity contribution in [3.05, 3.63) is 34.6 Å². The third kappa shape index (κ3) is 3.64. The Morgan fingerprint density at radius 1 is 1.48 bits per heavy atom. The number of halogens is 2. The molecule has 0 bridgehead atoms. The lowest BCUT2D eigenvalue weighted by molar-refractivity contribution is 0.0712. The number of carbonyl (C=O) groups excluding carboxylic acids is 1. The first-order chi connectivity index (χ1) is 10.0. The predicted molar refractivity (Wildman–Crippen MR) is 78.1 cm³/mol. The van der Waals surface area contributed by atoms with Crippen LogP contribution in [0.5, 0.6) is 0 Å². The van der Waals surface area contributed by atoms with Gasteiger partial charge in [0.1, 0.15) is 5.82 Å².